The maximum absolute atomic E-state index is 4.91. The van der Waals surface area contributed by atoms with Crippen LogP contribution in [-0.4, -0.2) is 26.3 Å². The molecule has 1 N–H and O–H groups in total. The summed E-state index contributed by atoms with van der Waals surface area (Å²) < 4.78 is 4.91. The lowest BCUT2D eigenvalue weighted by molar-refractivity contribution is 0.181. The molecule has 0 rings (SSSR count). The number of hydrogen-bond donors (Lipinski definition) is 1. The Morgan fingerprint density at radius 1 is 1.78 bits per heavy atom. The van der Waals surface area contributed by atoms with E-state index in [0.717, 1.165) is 6.54 Å². The van der Waals surface area contributed by atoms with Crippen molar-refractivity contribution >= 4 is 0 Å². The number of likely N-dealkylation sites (N-methyl/N-ethyl adjacent to an activating group) is 1. The second-order valence-corrected chi connectivity index (χ2v) is 1.86. The Morgan fingerprint density at radius 2 is 2.44 bits per heavy atom. The minimum atomic E-state index is 0.306. The van der Waals surface area contributed by atoms with Gasteiger partial charge in [0.15, 0.2) is 0 Å². The lowest BCUT2D eigenvalue weighted by atomic mass is 10.3. The van der Waals surface area contributed by atoms with Crippen LogP contribution in [0.4, 0.5) is 0 Å². The molecule has 0 aromatic rings. The van der Waals surface area contributed by atoms with Crippen molar-refractivity contribution in [3.8, 4) is 0 Å². The molecule has 54 valence electrons. The predicted octanol–water partition coefficient (Wildman–Crippen LogP) is 0.797. The molecule has 0 aliphatic carbocycles. The fourth-order valence-electron chi connectivity index (χ4n) is 0.652. The van der Waals surface area contributed by atoms with Gasteiger partial charge < -0.3 is 10.1 Å². The zero-order valence-electron chi connectivity index (χ0n) is 6.18. The van der Waals surface area contributed by atoms with Gasteiger partial charge in [-0.2, -0.15) is 0 Å². The van der Waals surface area contributed by atoms with E-state index in [1.807, 2.05) is 6.08 Å². The molecular weight excluding hydrogens is 114 g/mol. The van der Waals surface area contributed by atoms with Gasteiger partial charge >= 0.3 is 0 Å². The van der Waals surface area contributed by atoms with Gasteiger partial charge in [0.1, 0.15) is 0 Å². The van der Waals surface area contributed by atoms with E-state index in [0.29, 0.717) is 12.6 Å². The minimum absolute atomic E-state index is 0.306. The van der Waals surface area contributed by atoms with Crippen molar-refractivity contribution in [2.75, 3.05) is 20.3 Å². The molecule has 1 unspecified atom stereocenters. The highest BCUT2D eigenvalue weighted by molar-refractivity contribution is 4.84. The molecule has 0 saturated heterocycles. The summed E-state index contributed by atoms with van der Waals surface area (Å²) >= 11 is 0. The highest BCUT2D eigenvalue weighted by atomic mass is 16.5. The van der Waals surface area contributed by atoms with Gasteiger partial charge in [-0.3, -0.25) is 0 Å². The highest BCUT2D eigenvalue weighted by Gasteiger charge is 1.97. The van der Waals surface area contributed by atoms with Crippen molar-refractivity contribution in [1.82, 2.24) is 5.32 Å². The third-order valence-corrected chi connectivity index (χ3v) is 1.10. The summed E-state index contributed by atoms with van der Waals surface area (Å²) in [6.07, 6.45) is 1.85. The first-order chi connectivity index (χ1) is 4.35. The maximum atomic E-state index is 4.91. The molecule has 0 aromatic carbocycles. The lowest BCUT2D eigenvalue weighted by Gasteiger charge is -2.10. The SMILES string of the molecule is C=CC(COC)NCC. The van der Waals surface area contributed by atoms with E-state index in [1.54, 1.807) is 7.11 Å². The molecule has 2 nitrogen and oxygen atoms in total. The summed E-state index contributed by atoms with van der Waals surface area (Å²) in [4.78, 5) is 0. The average Bonchev–Trinajstić information content (AvgIpc) is 1.88. The van der Waals surface area contributed by atoms with Gasteiger partial charge in [-0.15, -0.1) is 6.58 Å². The molecule has 0 amide bonds. The van der Waals surface area contributed by atoms with Crippen LogP contribution in [-0.2, 0) is 4.74 Å². The quantitative estimate of drug-likeness (QED) is 0.554. The van der Waals surface area contributed by atoms with Gasteiger partial charge in [-0.25, -0.2) is 0 Å². The molecule has 0 spiro atoms. The number of hydrogen-bond acceptors (Lipinski definition) is 2. The van der Waals surface area contributed by atoms with Gasteiger partial charge in [-0.1, -0.05) is 13.0 Å². The van der Waals surface area contributed by atoms with E-state index in [9.17, 15) is 0 Å². The van der Waals surface area contributed by atoms with Gasteiger partial charge in [0.2, 0.25) is 0 Å². The van der Waals surface area contributed by atoms with Crippen molar-refractivity contribution in [3.05, 3.63) is 12.7 Å². The summed E-state index contributed by atoms with van der Waals surface area (Å²) in [7, 11) is 1.69. The van der Waals surface area contributed by atoms with Gasteiger partial charge in [0, 0.05) is 13.2 Å². The molecule has 0 saturated carbocycles. The van der Waals surface area contributed by atoms with Crippen LogP contribution < -0.4 is 5.32 Å². The van der Waals surface area contributed by atoms with Crippen LogP contribution in [0.25, 0.3) is 0 Å². The van der Waals surface area contributed by atoms with E-state index < -0.39 is 0 Å². The minimum Gasteiger partial charge on any atom is -0.383 e. The highest BCUT2D eigenvalue weighted by Crippen LogP contribution is 1.83. The molecule has 0 bridgehead atoms. The predicted molar refractivity (Wildman–Crippen MR) is 39.5 cm³/mol. The largest absolute Gasteiger partial charge is 0.383 e. The molecule has 2 heteroatoms. The fraction of sp³-hybridized carbons (Fsp3) is 0.714. The van der Waals surface area contributed by atoms with E-state index in [-0.39, 0.29) is 0 Å². The Morgan fingerprint density at radius 3 is 2.78 bits per heavy atom. The third-order valence-electron chi connectivity index (χ3n) is 1.10. The van der Waals surface area contributed by atoms with Gasteiger partial charge in [0.25, 0.3) is 0 Å². The lowest BCUT2D eigenvalue weighted by Crippen LogP contribution is -2.30. The smallest absolute Gasteiger partial charge is 0.0651 e. The Kier molecular flexibility index (Phi) is 5.57. The zero-order chi connectivity index (χ0) is 7.11. The molecule has 9 heavy (non-hydrogen) atoms. The molecule has 0 aliphatic heterocycles. The van der Waals surface area contributed by atoms with Gasteiger partial charge in [-0.05, 0) is 6.54 Å². The van der Waals surface area contributed by atoms with E-state index in [2.05, 4.69) is 18.8 Å². The molecule has 1 atom stereocenters. The Bertz CT molecular complexity index is 67.3. The van der Waals surface area contributed by atoms with Crippen LogP contribution in [0.5, 0.6) is 0 Å². The number of rotatable bonds is 5. The van der Waals surface area contributed by atoms with E-state index in [1.165, 1.54) is 0 Å². The standard InChI is InChI=1S/C7H15NO/c1-4-7(6-9-3)8-5-2/h4,7-8H,1,5-6H2,2-3H3. The number of methoxy groups -OCH3 is 1. The Hall–Kier alpha value is -0.340. The van der Waals surface area contributed by atoms with Crippen molar-refractivity contribution in [3.63, 3.8) is 0 Å². The number of ether oxygens (including phenoxy) is 1. The van der Waals surface area contributed by atoms with Crippen LogP contribution in [0, 0.1) is 0 Å². The second kappa shape index (κ2) is 5.79. The van der Waals surface area contributed by atoms with Crippen molar-refractivity contribution < 1.29 is 4.74 Å². The van der Waals surface area contributed by atoms with Crippen LogP contribution >= 0.6 is 0 Å². The van der Waals surface area contributed by atoms with Crippen molar-refractivity contribution in [2.45, 2.75) is 13.0 Å². The summed E-state index contributed by atoms with van der Waals surface area (Å²) in [6, 6.07) is 0.306. The first-order valence-corrected chi connectivity index (χ1v) is 3.20. The normalized spacial score (nSPS) is 13.1. The van der Waals surface area contributed by atoms with Crippen LogP contribution in [0.3, 0.4) is 0 Å². The van der Waals surface area contributed by atoms with Crippen molar-refractivity contribution in [2.24, 2.45) is 0 Å². The first kappa shape index (κ1) is 8.66. The molecule has 0 aromatic heterocycles. The van der Waals surface area contributed by atoms with Gasteiger partial charge in [0.05, 0.1) is 6.61 Å². The molecule has 0 heterocycles. The summed E-state index contributed by atoms with van der Waals surface area (Å²) in [6.45, 7) is 7.38. The average molecular weight is 129 g/mol. The summed E-state index contributed by atoms with van der Waals surface area (Å²) in [5.74, 6) is 0. The Labute approximate surface area is 56.9 Å². The Balaban J connectivity index is 3.29. The molecule has 0 fully saturated rings. The summed E-state index contributed by atoms with van der Waals surface area (Å²) in [5.41, 5.74) is 0. The second-order valence-electron chi connectivity index (χ2n) is 1.86. The zero-order valence-corrected chi connectivity index (χ0v) is 6.18. The van der Waals surface area contributed by atoms with Crippen LogP contribution in [0.1, 0.15) is 6.92 Å². The first-order valence-electron chi connectivity index (χ1n) is 3.20. The summed E-state index contributed by atoms with van der Waals surface area (Å²) in [5, 5.41) is 3.19. The molecule has 0 aliphatic rings. The third kappa shape index (κ3) is 4.18. The molecule has 0 radical (unpaired) electrons. The van der Waals surface area contributed by atoms with E-state index >= 15 is 0 Å². The molecular formula is C7H15NO. The van der Waals surface area contributed by atoms with Crippen molar-refractivity contribution in [1.29, 1.82) is 0 Å². The van der Waals surface area contributed by atoms with Crippen LogP contribution in [0.2, 0.25) is 0 Å². The monoisotopic (exact) mass is 129 g/mol. The maximum Gasteiger partial charge on any atom is 0.0651 e. The van der Waals surface area contributed by atoms with E-state index in [4.69, 9.17) is 4.74 Å². The fourth-order valence-corrected chi connectivity index (χ4v) is 0.652. The topological polar surface area (TPSA) is 21.3 Å². The van der Waals surface area contributed by atoms with Crippen LogP contribution in [0.15, 0.2) is 12.7 Å². The number of nitrogens with one attached hydrogen (secondary N) is 1.